The Morgan fingerprint density at radius 3 is 2.53 bits per heavy atom. The number of hydrogen-bond donors (Lipinski definition) is 1. The summed E-state index contributed by atoms with van der Waals surface area (Å²) < 4.78 is 9.82. The van der Waals surface area contributed by atoms with Gasteiger partial charge in [-0.3, -0.25) is 14.5 Å². The number of halogens is 1. The van der Waals surface area contributed by atoms with E-state index in [1.807, 2.05) is 6.92 Å². The van der Waals surface area contributed by atoms with E-state index >= 15 is 0 Å². The molecule has 32 heavy (non-hydrogen) atoms. The minimum Gasteiger partial charge on any atom is -0.495 e. The molecular weight excluding hydrogens is 454 g/mol. The Kier molecular flexibility index (Phi) is 7.76. The molecular formula is C22H22ClN3O5S. The Bertz CT molecular complexity index is 1060. The number of aliphatic imine (C=N–C) groups is 1. The van der Waals surface area contributed by atoms with Crippen molar-refractivity contribution in [2.24, 2.45) is 4.99 Å². The largest absolute Gasteiger partial charge is 0.495 e. The van der Waals surface area contributed by atoms with E-state index in [0.29, 0.717) is 39.4 Å². The van der Waals surface area contributed by atoms with Crippen molar-refractivity contribution < 1.29 is 23.9 Å². The Labute approximate surface area is 194 Å². The van der Waals surface area contributed by atoms with Crippen LogP contribution in [0.5, 0.6) is 5.75 Å². The predicted octanol–water partition coefficient (Wildman–Crippen LogP) is 4.12. The number of carbonyl (C=O) groups excluding carboxylic acids is 3. The SMILES string of the molecule is CCN1C(=O)CC(C(=O)Nc2ccc(C(=O)OC)cc2)SC1=Nc1ccc(OC)c(Cl)c1. The summed E-state index contributed by atoms with van der Waals surface area (Å²) in [6.45, 7) is 2.27. The molecule has 0 aliphatic carbocycles. The second-order valence-corrected chi connectivity index (χ2v) is 8.30. The molecule has 2 aromatic carbocycles. The number of carbonyl (C=O) groups is 3. The number of methoxy groups -OCH3 is 2. The molecule has 0 spiro atoms. The standard InChI is InChI=1S/C22H22ClN3O5S/c1-4-26-19(27)12-18(20(28)24-14-7-5-13(6-8-14)21(29)31-3)32-22(26)25-15-9-10-17(30-2)16(23)11-15/h5-11,18H,4,12H2,1-3H3,(H,24,28). The number of esters is 1. The summed E-state index contributed by atoms with van der Waals surface area (Å²) in [5.74, 6) is -0.461. The van der Waals surface area contributed by atoms with Crippen molar-refractivity contribution in [3.05, 3.63) is 53.1 Å². The molecule has 2 amide bonds. The molecule has 1 saturated heterocycles. The van der Waals surface area contributed by atoms with Gasteiger partial charge in [0.2, 0.25) is 11.8 Å². The summed E-state index contributed by atoms with van der Waals surface area (Å²) >= 11 is 7.39. The first kappa shape index (κ1) is 23.6. The van der Waals surface area contributed by atoms with Crippen molar-refractivity contribution in [2.75, 3.05) is 26.1 Å². The van der Waals surface area contributed by atoms with Gasteiger partial charge < -0.3 is 14.8 Å². The van der Waals surface area contributed by atoms with E-state index < -0.39 is 11.2 Å². The van der Waals surface area contributed by atoms with Crippen LogP contribution in [0.2, 0.25) is 5.02 Å². The molecule has 1 fully saturated rings. The fraction of sp³-hybridized carbons (Fsp3) is 0.273. The zero-order valence-electron chi connectivity index (χ0n) is 17.8. The van der Waals surface area contributed by atoms with Crippen LogP contribution >= 0.6 is 23.4 Å². The molecule has 1 N–H and O–H groups in total. The topological polar surface area (TPSA) is 97.3 Å². The maximum Gasteiger partial charge on any atom is 0.337 e. The number of amides is 2. The van der Waals surface area contributed by atoms with Crippen LogP contribution in [0.15, 0.2) is 47.5 Å². The van der Waals surface area contributed by atoms with Gasteiger partial charge in [0.05, 0.1) is 30.5 Å². The molecule has 1 unspecified atom stereocenters. The monoisotopic (exact) mass is 475 g/mol. The molecule has 3 rings (SSSR count). The minimum atomic E-state index is -0.655. The van der Waals surface area contributed by atoms with Gasteiger partial charge in [-0.15, -0.1) is 0 Å². The maximum atomic E-state index is 12.8. The number of nitrogens with one attached hydrogen (secondary N) is 1. The van der Waals surface area contributed by atoms with Crippen LogP contribution in [0, 0.1) is 0 Å². The molecule has 1 heterocycles. The molecule has 1 aliphatic heterocycles. The number of hydrogen-bond acceptors (Lipinski definition) is 7. The third kappa shape index (κ3) is 5.41. The van der Waals surface area contributed by atoms with Crippen LogP contribution in [0.3, 0.4) is 0 Å². The fourth-order valence-corrected chi connectivity index (χ4v) is 4.43. The molecule has 0 aromatic heterocycles. The van der Waals surface area contributed by atoms with Crippen molar-refractivity contribution in [2.45, 2.75) is 18.6 Å². The second kappa shape index (κ2) is 10.5. The lowest BCUT2D eigenvalue weighted by Gasteiger charge is -2.31. The van der Waals surface area contributed by atoms with Crippen molar-refractivity contribution in [1.29, 1.82) is 0 Å². The van der Waals surface area contributed by atoms with Gasteiger partial charge in [0.1, 0.15) is 11.0 Å². The van der Waals surface area contributed by atoms with Gasteiger partial charge in [-0.05, 0) is 49.4 Å². The third-order valence-corrected chi connectivity index (χ3v) is 6.17. The van der Waals surface area contributed by atoms with E-state index in [1.54, 1.807) is 42.5 Å². The van der Waals surface area contributed by atoms with E-state index in [0.717, 1.165) is 0 Å². The number of anilines is 1. The molecule has 0 bridgehead atoms. The van der Waals surface area contributed by atoms with Gasteiger partial charge in [-0.25, -0.2) is 9.79 Å². The molecule has 2 aromatic rings. The fourth-order valence-electron chi connectivity index (χ4n) is 3.02. The molecule has 1 aliphatic rings. The Morgan fingerprint density at radius 1 is 1.22 bits per heavy atom. The second-order valence-electron chi connectivity index (χ2n) is 6.72. The lowest BCUT2D eigenvalue weighted by atomic mass is 10.2. The van der Waals surface area contributed by atoms with Gasteiger partial charge in [0, 0.05) is 18.7 Å². The van der Waals surface area contributed by atoms with Crippen LogP contribution in [-0.4, -0.2) is 53.9 Å². The number of thioether (sulfide) groups is 1. The molecule has 0 radical (unpaired) electrons. The lowest BCUT2D eigenvalue weighted by molar-refractivity contribution is -0.129. The van der Waals surface area contributed by atoms with Gasteiger partial charge in [0.25, 0.3) is 0 Å². The lowest BCUT2D eigenvalue weighted by Crippen LogP contribution is -2.45. The number of rotatable bonds is 6. The van der Waals surface area contributed by atoms with Crippen molar-refractivity contribution in [3.8, 4) is 5.75 Å². The summed E-state index contributed by atoms with van der Waals surface area (Å²) in [6.07, 6.45) is 0.0486. The molecule has 8 nitrogen and oxygen atoms in total. The van der Waals surface area contributed by atoms with Crippen molar-refractivity contribution in [1.82, 2.24) is 4.90 Å². The normalized spacial score (nSPS) is 17.2. The van der Waals surface area contributed by atoms with Crippen LogP contribution in [0.4, 0.5) is 11.4 Å². The first-order valence-electron chi connectivity index (χ1n) is 9.74. The summed E-state index contributed by atoms with van der Waals surface area (Å²) in [7, 11) is 2.82. The molecule has 0 saturated carbocycles. The zero-order valence-corrected chi connectivity index (χ0v) is 19.3. The Balaban J connectivity index is 1.78. The van der Waals surface area contributed by atoms with Gasteiger partial charge >= 0.3 is 5.97 Å². The minimum absolute atomic E-state index is 0.0486. The predicted molar refractivity (Wildman–Crippen MR) is 125 cm³/mol. The van der Waals surface area contributed by atoms with E-state index in [4.69, 9.17) is 16.3 Å². The third-order valence-electron chi connectivity index (χ3n) is 4.68. The number of amidine groups is 1. The maximum absolute atomic E-state index is 12.8. The van der Waals surface area contributed by atoms with E-state index in [2.05, 4.69) is 15.0 Å². The first-order valence-corrected chi connectivity index (χ1v) is 11.0. The van der Waals surface area contributed by atoms with Gasteiger partial charge in [-0.2, -0.15) is 0 Å². The van der Waals surface area contributed by atoms with Crippen molar-refractivity contribution in [3.63, 3.8) is 0 Å². The van der Waals surface area contributed by atoms with Crippen molar-refractivity contribution >= 4 is 57.7 Å². The van der Waals surface area contributed by atoms with Gasteiger partial charge in [0.15, 0.2) is 5.17 Å². The summed E-state index contributed by atoms with van der Waals surface area (Å²) in [6, 6.07) is 11.4. The first-order chi connectivity index (χ1) is 15.4. The van der Waals surface area contributed by atoms with Gasteiger partial charge in [-0.1, -0.05) is 23.4 Å². The van der Waals surface area contributed by atoms with Crippen LogP contribution in [0.1, 0.15) is 23.7 Å². The zero-order chi connectivity index (χ0) is 23.3. The van der Waals surface area contributed by atoms with E-state index in [9.17, 15) is 14.4 Å². The highest BCUT2D eigenvalue weighted by atomic mass is 35.5. The highest BCUT2D eigenvalue weighted by Crippen LogP contribution is 2.33. The van der Waals surface area contributed by atoms with Crippen LogP contribution in [0.25, 0.3) is 0 Å². The number of benzene rings is 2. The molecule has 168 valence electrons. The number of ether oxygens (including phenoxy) is 2. The van der Waals surface area contributed by atoms with Crippen LogP contribution < -0.4 is 10.1 Å². The Morgan fingerprint density at radius 2 is 1.94 bits per heavy atom. The average molecular weight is 476 g/mol. The summed E-state index contributed by atoms with van der Waals surface area (Å²) in [5, 5.41) is 2.95. The summed E-state index contributed by atoms with van der Waals surface area (Å²) in [5.41, 5.74) is 1.43. The van der Waals surface area contributed by atoms with E-state index in [1.165, 1.54) is 30.9 Å². The number of nitrogens with zero attached hydrogens (tertiary/aromatic N) is 2. The highest BCUT2D eigenvalue weighted by molar-refractivity contribution is 8.15. The molecule has 10 heteroatoms. The Hall–Kier alpha value is -3.04. The summed E-state index contributed by atoms with van der Waals surface area (Å²) in [4.78, 5) is 43.1. The average Bonchev–Trinajstić information content (AvgIpc) is 2.79. The van der Waals surface area contributed by atoms with E-state index in [-0.39, 0.29) is 18.2 Å². The smallest absolute Gasteiger partial charge is 0.337 e. The molecule has 1 atom stereocenters. The quantitative estimate of drug-likeness (QED) is 0.631. The highest BCUT2D eigenvalue weighted by Gasteiger charge is 2.35. The van der Waals surface area contributed by atoms with Crippen LogP contribution in [-0.2, 0) is 14.3 Å².